The summed E-state index contributed by atoms with van der Waals surface area (Å²) in [5.74, 6) is 1.07. The van der Waals surface area contributed by atoms with Gasteiger partial charge in [0.05, 0.1) is 5.25 Å². The van der Waals surface area contributed by atoms with E-state index in [1.807, 2.05) is 0 Å². The molecule has 3 nitrogen and oxygen atoms in total. The monoisotopic (exact) mass is 175 g/mol. The van der Waals surface area contributed by atoms with Crippen molar-refractivity contribution in [3.8, 4) is 0 Å². The summed E-state index contributed by atoms with van der Waals surface area (Å²) >= 11 is 0. The molecule has 64 valence electrons. The van der Waals surface area contributed by atoms with Crippen LogP contribution in [0.2, 0.25) is 0 Å². The van der Waals surface area contributed by atoms with E-state index in [9.17, 15) is 8.42 Å². The van der Waals surface area contributed by atoms with E-state index in [1.54, 1.807) is 0 Å². The summed E-state index contributed by atoms with van der Waals surface area (Å²) in [4.78, 5) is 0. The molecule has 2 fully saturated rings. The third-order valence-electron chi connectivity index (χ3n) is 2.95. The van der Waals surface area contributed by atoms with Gasteiger partial charge in [0.25, 0.3) is 0 Å². The van der Waals surface area contributed by atoms with Crippen LogP contribution < -0.4 is 5.32 Å². The molecule has 3 atom stereocenters. The van der Waals surface area contributed by atoms with E-state index < -0.39 is 9.84 Å². The lowest BCUT2D eigenvalue weighted by molar-refractivity contribution is 0.247. The van der Waals surface area contributed by atoms with Crippen LogP contribution in [0.5, 0.6) is 0 Å². The summed E-state index contributed by atoms with van der Waals surface area (Å²) < 4.78 is 22.3. The Morgan fingerprint density at radius 2 is 2.09 bits per heavy atom. The number of fused-ring (bicyclic) bond motifs is 1. The Kier molecular flexibility index (Phi) is 1.51. The van der Waals surface area contributed by atoms with E-state index in [2.05, 4.69) is 5.32 Å². The van der Waals surface area contributed by atoms with Gasteiger partial charge >= 0.3 is 0 Å². The van der Waals surface area contributed by atoms with Crippen molar-refractivity contribution in [2.45, 2.75) is 11.7 Å². The number of hydrogen-bond acceptors (Lipinski definition) is 3. The van der Waals surface area contributed by atoms with Crippen LogP contribution in [-0.4, -0.2) is 33.0 Å². The summed E-state index contributed by atoms with van der Waals surface area (Å²) in [6.45, 7) is 1.93. The third kappa shape index (κ3) is 1.08. The maximum absolute atomic E-state index is 11.1. The molecular formula is C7H13NO2S. The van der Waals surface area contributed by atoms with Gasteiger partial charge in [0.2, 0.25) is 0 Å². The summed E-state index contributed by atoms with van der Waals surface area (Å²) in [6.07, 6.45) is 2.24. The van der Waals surface area contributed by atoms with Crippen molar-refractivity contribution in [2.75, 3.05) is 19.3 Å². The molecular weight excluding hydrogens is 162 g/mol. The molecule has 1 heterocycles. The predicted molar refractivity (Wildman–Crippen MR) is 43.1 cm³/mol. The van der Waals surface area contributed by atoms with Crippen LogP contribution in [0.4, 0.5) is 0 Å². The Morgan fingerprint density at radius 3 is 2.64 bits per heavy atom. The Labute approximate surface area is 67.1 Å². The molecule has 1 aliphatic carbocycles. The molecule has 2 aliphatic rings. The summed E-state index contributed by atoms with van der Waals surface area (Å²) in [7, 11) is -2.76. The maximum Gasteiger partial charge on any atom is 0.150 e. The van der Waals surface area contributed by atoms with Crippen molar-refractivity contribution < 1.29 is 8.42 Å². The first-order chi connectivity index (χ1) is 5.09. The van der Waals surface area contributed by atoms with Gasteiger partial charge in [-0.15, -0.1) is 0 Å². The fourth-order valence-corrected chi connectivity index (χ4v) is 3.77. The number of hydrogen-bond donors (Lipinski definition) is 1. The second kappa shape index (κ2) is 2.20. The highest BCUT2D eigenvalue weighted by Crippen LogP contribution is 2.41. The summed E-state index contributed by atoms with van der Waals surface area (Å²) in [6, 6.07) is 0. The topological polar surface area (TPSA) is 46.2 Å². The zero-order valence-electron chi connectivity index (χ0n) is 6.58. The van der Waals surface area contributed by atoms with Crippen LogP contribution in [0.25, 0.3) is 0 Å². The molecule has 0 radical (unpaired) electrons. The van der Waals surface area contributed by atoms with E-state index in [4.69, 9.17) is 0 Å². The average Bonchev–Trinajstić information content (AvgIpc) is 2.08. The Morgan fingerprint density at radius 1 is 1.36 bits per heavy atom. The van der Waals surface area contributed by atoms with Crippen LogP contribution >= 0.6 is 0 Å². The molecule has 4 heteroatoms. The summed E-state index contributed by atoms with van der Waals surface area (Å²) in [5.41, 5.74) is 0. The smallest absolute Gasteiger partial charge is 0.150 e. The van der Waals surface area contributed by atoms with Gasteiger partial charge in [-0.25, -0.2) is 8.42 Å². The van der Waals surface area contributed by atoms with Gasteiger partial charge in [0, 0.05) is 6.26 Å². The van der Waals surface area contributed by atoms with Crippen LogP contribution in [0.15, 0.2) is 0 Å². The molecule has 1 aliphatic heterocycles. The SMILES string of the molecule is CS(=O)(=O)[C@@H]1C[C@H]2CNC[C@H]21. The standard InChI is InChI=1S/C7H13NO2S/c1-11(9,10)7-2-5-3-8-4-6(5)7/h5-8H,2-4H2,1H3/t5-,6+,7+/m0/s1. The lowest BCUT2D eigenvalue weighted by Crippen LogP contribution is -2.45. The second-order valence-electron chi connectivity index (χ2n) is 3.69. The van der Waals surface area contributed by atoms with Gasteiger partial charge in [-0.05, 0) is 31.3 Å². The van der Waals surface area contributed by atoms with Crippen molar-refractivity contribution in [1.82, 2.24) is 5.32 Å². The zero-order chi connectivity index (χ0) is 8.06. The fraction of sp³-hybridized carbons (Fsp3) is 1.00. The van der Waals surface area contributed by atoms with E-state index in [0.717, 1.165) is 19.5 Å². The normalized spacial score (nSPS) is 43.2. The van der Waals surface area contributed by atoms with Crippen LogP contribution in [-0.2, 0) is 9.84 Å². The first-order valence-corrected chi connectivity index (χ1v) is 5.94. The van der Waals surface area contributed by atoms with E-state index in [-0.39, 0.29) is 5.25 Å². The van der Waals surface area contributed by atoms with Gasteiger partial charge in [0.1, 0.15) is 0 Å². The molecule has 2 rings (SSSR count). The minimum absolute atomic E-state index is 0.0394. The first-order valence-electron chi connectivity index (χ1n) is 3.98. The molecule has 0 amide bonds. The molecule has 1 saturated carbocycles. The van der Waals surface area contributed by atoms with Crippen molar-refractivity contribution >= 4 is 9.84 Å². The highest BCUT2D eigenvalue weighted by molar-refractivity contribution is 7.91. The Balaban J connectivity index is 2.12. The van der Waals surface area contributed by atoms with Gasteiger partial charge in [-0.3, -0.25) is 0 Å². The molecule has 11 heavy (non-hydrogen) atoms. The Bertz CT molecular complexity index is 260. The summed E-state index contributed by atoms with van der Waals surface area (Å²) in [5, 5.41) is 3.18. The van der Waals surface area contributed by atoms with E-state index >= 15 is 0 Å². The largest absolute Gasteiger partial charge is 0.316 e. The highest BCUT2D eigenvalue weighted by Gasteiger charge is 2.48. The molecule has 0 aromatic heterocycles. The minimum atomic E-state index is -2.76. The number of nitrogens with one attached hydrogen (secondary N) is 1. The lowest BCUT2D eigenvalue weighted by Gasteiger charge is -2.37. The average molecular weight is 175 g/mol. The minimum Gasteiger partial charge on any atom is -0.316 e. The lowest BCUT2D eigenvalue weighted by atomic mass is 9.76. The second-order valence-corrected chi connectivity index (χ2v) is 5.95. The molecule has 0 bridgehead atoms. The molecule has 0 aromatic carbocycles. The van der Waals surface area contributed by atoms with Crippen molar-refractivity contribution in [3.63, 3.8) is 0 Å². The van der Waals surface area contributed by atoms with E-state index in [0.29, 0.717) is 11.8 Å². The predicted octanol–water partition coefficient (Wildman–Crippen LogP) is -0.361. The van der Waals surface area contributed by atoms with Crippen LogP contribution in [0.1, 0.15) is 6.42 Å². The Hall–Kier alpha value is -0.0900. The number of sulfone groups is 1. The third-order valence-corrected chi connectivity index (χ3v) is 4.60. The first kappa shape index (κ1) is 7.55. The molecule has 0 unspecified atom stereocenters. The van der Waals surface area contributed by atoms with Crippen molar-refractivity contribution in [3.05, 3.63) is 0 Å². The van der Waals surface area contributed by atoms with E-state index in [1.165, 1.54) is 6.26 Å². The quantitative estimate of drug-likeness (QED) is 0.592. The van der Waals surface area contributed by atoms with Gasteiger partial charge in [-0.2, -0.15) is 0 Å². The van der Waals surface area contributed by atoms with Gasteiger partial charge in [0.15, 0.2) is 9.84 Å². The van der Waals surface area contributed by atoms with Gasteiger partial charge < -0.3 is 5.32 Å². The molecule has 1 N–H and O–H groups in total. The molecule has 0 spiro atoms. The molecule has 0 aromatic rings. The zero-order valence-corrected chi connectivity index (χ0v) is 7.39. The van der Waals surface area contributed by atoms with Crippen LogP contribution in [0, 0.1) is 11.8 Å². The fourth-order valence-electron chi connectivity index (χ4n) is 2.22. The van der Waals surface area contributed by atoms with Crippen molar-refractivity contribution in [1.29, 1.82) is 0 Å². The van der Waals surface area contributed by atoms with Crippen molar-refractivity contribution in [2.24, 2.45) is 11.8 Å². The van der Waals surface area contributed by atoms with Gasteiger partial charge in [-0.1, -0.05) is 0 Å². The maximum atomic E-state index is 11.1. The van der Waals surface area contributed by atoms with Crippen LogP contribution in [0.3, 0.4) is 0 Å². The highest BCUT2D eigenvalue weighted by atomic mass is 32.2. The molecule has 1 saturated heterocycles. The number of rotatable bonds is 1.